The van der Waals surface area contributed by atoms with E-state index in [1.54, 1.807) is 13.8 Å². The summed E-state index contributed by atoms with van der Waals surface area (Å²) < 4.78 is 28.4. The first-order valence-electron chi connectivity index (χ1n) is 5.82. The van der Waals surface area contributed by atoms with E-state index in [0.29, 0.717) is 6.42 Å². The van der Waals surface area contributed by atoms with E-state index >= 15 is 0 Å². The number of alkyl halides is 2. The van der Waals surface area contributed by atoms with Crippen LogP contribution in [-0.4, -0.2) is 29.8 Å². The fraction of sp³-hybridized carbons (Fsp3) is 0.462. The predicted molar refractivity (Wildman–Crippen MR) is 66.3 cm³/mol. The van der Waals surface area contributed by atoms with Crippen LogP contribution in [-0.2, 0) is 0 Å². The highest BCUT2D eigenvalue weighted by Crippen LogP contribution is 2.17. The van der Waals surface area contributed by atoms with Gasteiger partial charge in [0.2, 0.25) is 0 Å². The Kier molecular flexibility index (Phi) is 5.23. The second-order valence-electron chi connectivity index (χ2n) is 4.72. The highest BCUT2D eigenvalue weighted by Gasteiger charge is 2.20. The fourth-order valence-electron chi connectivity index (χ4n) is 1.54. The molecule has 19 heavy (non-hydrogen) atoms. The number of aliphatic hydroxyl groups excluding tert-OH is 1. The van der Waals surface area contributed by atoms with E-state index in [4.69, 9.17) is 5.11 Å². The van der Waals surface area contributed by atoms with Gasteiger partial charge in [-0.3, -0.25) is 4.79 Å². The molecule has 6 heteroatoms. The summed E-state index contributed by atoms with van der Waals surface area (Å²) in [5, 5.41) is 11.6. The Balaban J connectivity index is 2.77. The molecule has 0 radical (unpaired) electrons. The van der Waals surface area contributed by atoms with Gasteiger partial charge in [-0.05, 0) is 38.5 Å². The smallest absolute Gasteiger partial charge is 0.387 e. The van der Waals surface area contributed by atoms with Crippen molar-refractivity contribution in [1.82, 2.24) is 5.32 Å². The molecule has 0 fully saturated rings. The molecule has 0 spiro atoms. The van der Waals surface area contributed by atoms with Gasteiger partial charge in [0.25, 0.3) is 5.91 Å². The minimum atomic E-state index is -2.93. The van der Waals surface area contributed by atoms with Crippen molar-refractivity contribution < 1.29 is 23.4 Å². The molecule has 4 nitrogen and oxygen atoms in total. The number of carbonyl (C=O) groups is 1. The molecule has 0 aromatic heterocycles. The van der Waals surface area contributed by atoms with E-state index < -0.39 is 18.1 Å². The predicted octanol–water partition coefficient (Wildman–Crippen LogP) is 2.18. The molecule has 0 atom stereocenters. The van der Waals surface area contributed by atoms with E-state index in [1.807, 2.05) is 0 Å². The molecule has 0 heterocycles. The van der Waals surface area contributed by atoms with Crippen LogP contribution in [0.4, 0.5) is 8.78 Å². The normalized spacial score (nSPS) is 11.5. The van der Waals surface area contributed by atoms with E-state index in [0.717, 1.165) is 0 Å². The van der Waals surface area contributed by atoms with Crippen molar-refractivity contribution in [3.05, 3.63) is 29.8 Å². The third kappa shape index (κ3) is 5.21. The molecule has 0 unspecified atom stereocenters. The van der Waals surface area contributed by atoms with Crippen molar-refractivity contribution in [3.63, 3.8) is 0 Å². The first-order chi connectivity index (χ1) is 8.84. The van der Waals surface area contributed by atoms with Gasteiger partial charge in [0.1, 0.15) is 5.75 Å². The third-order valence-corrected chi connectivity index (χ3v) is 2.51. The Bertz CT molecular complexity index is 436. The van der Waals surface area contributed by atoms with Crippen molar-refractivity contribution in [3.8, 4) is 5.75 Å². The Morgan fingerprint density at radius 2 is 2.16 bits per heavy atom. The molecule has 0 saturated carbocycles. The molecule has 1 aromatic carbocycles. The van der Waals surface area contributed by atoms with E-state index in [2.05, 4.69) is 10.1 Å². The lowest BCUT2D eigenvalue weighted by Gasteiger charge is -2.25. The van der Waals surface area contributed by atoms with Crippen LogP contribution in [0.1, 0.15) is 30.6 Å². The zero-order valence-electron chi connectivity index (χ0n) is 10.8. The van der Waals surface area contributed by atoms with Crippen molar-refractivity contribution in [2.75, 3.05) is 6.61 Å². The summed E-state index contributed by atoms with van der Waals surface area (Å²) in [7, 11) is 0. The zero-order valence-corrected chi connectivity index (χ0v) is 10.8. The van der Waals surface area contributed by atoms with E-state index in [9.17, 15) is 13.6 Å². The number of hydrogen-bond acceptors (Lipinski definition) is 3. The van der Waals surface area contributed by atoms with Crippen LogP contribution in [0.5, 0.6) is 5.75 Å². The summed E-state index contributed by atoms with van der Waals surface area (Å²) in [6.45, 7) is 0.549. The number of rotatable bonds is 6. The Labute approximate surface area is 110 Å². The van der Waals surface area contributed by atoms with Gasteiger partial charge in [0.05, 0.1) is 0 Å². The quantitative estimate of drug-likeness (QED) is 0.835. The van der Waals surface area contributed by atoms with Crippen LogP contribution in [0, 0.1) is 0 Å². The maximum absolute atomic E-state index is 12.1. The van der Waals surface area contributed by atoms with Crippen molar-refractivity contribution in [1.29, 1.82) is 0 Å². The fourth-order valence-corrected chi connectivity index (χ4v) is 1.54. The number of ether oxygens (including phenoxy) is 1. The number of nitrogens with one attached hydrogen (secondary N) is 1. The van der Waals surface area contributed by atoms with Gasteiger partial charge < -0.3 is 15.2 Å². The van der Waals surface area contributed by atoms with Crippen LogP contribution in [0.25, 0.3) is 0 Å². The SMILES string of the molecule is CC(C)(CCO)NC(=O)c1cccc(OC(F)F)c1. The Hall–Kier alpha value is -1.69. The lowest BCUT2D eigenvalue weighted by atomic mass is 10.0. The van der Waals surface area contributed by atoms with Crippen molar-refractivity contribution >= 4 is 5.91 Å². The van der Waals surface area contributed by atoms with Crippen LogP contribution in [0.3, 0.4) is 0 Å². The molecular weight excluding hydrogens is 256 g/mol. The second kappa shape index (κ2) is 6.47. The summed E-state index contributed by atoms with van der Waals surface area (Å²) in [6.07, 6.45) is 0.395. The maximum Gasteiger partial charge on any atom is 0.387 e. The summed E-state index contributed by atoms with van der Waals surface area (Å²) in [5.41, 5.74) is -0.352. The third-order valence-electron chi connectivity index (χ3n) is 2.51. The average molecular weight is 273 g/mol. The Morgan fingerprint density at radius 1 is 1.47 bits per heavy atom. The molecule has 0 bridgehead atoms. The second-order valence-corrected chi connectivity index (χ2v) is 4.72. The number of hydrogen-bond donors (Lipinski definition) is 2. The van der Waals surface area contributed by atoms with E-state index in [1.165, 1.54) is 24.3 Å². The van der Waals surface area contributed by atoms with Crippen LogP contribution in [0.2, 0.25) is 0 Å². The van der Waals surface area contributed by atoms with Gasteiger partial charge in [-0.25, -0.2) is 0 Å². The first-order valence-corrected chi connectivity index (χ1v) is 5.82. The molecule has 0 saturated heterocycles. The molecule has 1 amide bonds. The summed E-state index contributed by atoms with van der Waals surface area (Å²) in [5.74, 6) is -0.471. The highest BCUT2D eigenvalue weighted by molar-refractivity contribution is 5.95. The van der Waals surface area contributed by atoms with Gasteiger partial charge in [-0.1, -0.05) is 6.07 Å². The van der Waals surface area contributed by atoms with Crippen LogP contribution in [0.15, 0.2) is 24.3 Å². The lowest BCUT2D eigenvalue weighted by molar-refractivity contribution is -0.0498. The first kappa shape index (κ1) is 15.4. The largest absolute Gasteiger partial charge is 0.435 e. The van der Waals surface area contributed by atoms with Crippen molar-refractivity contribution in [2.24, 2.45) is 0 Å². The van der Waals surface area contributed by atoms with Gasteiger partial charge in [-0.15, -0.1) is 0 Å². The molecule has 1 aromatic rings. The zero-order chi connectivity index (χ0) is 14.5. The summed E-state index contributed by atoms with van der Waals surface area (Å²) in [6, 6.07) is 5.56. The number of aliphatic hydroxyl groups is 1. The van der Waals surface area contributed by atoms with E-state index in [-0.39, 0.29) is 17.9 Å². The molecular formula is C13H17F2NO3. The minimum Gasteiger partial charge on any atom is -0.435 e. The van der Waals surface area contributed by atoms with Gasteiger partial charge in [0.15, 0.2) is 0 Å². The topological polar surface area (TPSA) is 58.6 Å². The average Bonchev–Trinajstić information content (AvgIpc) is 2.27. The Morgan fingerprint density at radius 3 is 2.74 bits per heavy atom. The van der Waals surface area contributed by atoms with Crippen LogP contribution < -0.4 is 10.1 Å². The molecule has 0 aliphatic rings. The van der Waals surface area contributed by atoms with Crippen LogP contribution >= 0.6 is 0 Å². The lowest BCUT2D eigenvalue weighted by Crippen LogP contribution is -2.44. The molecule has 1 rings (SSSR count). The summed E-state index contributed by atoms with van der Waals surface area (Å²) >= 11 is 0. The number of amides is 1. The van der Waals surface area contributed by atoms with Gasteiger partial charge in [0, 0.05) is 17.7 Å². The monoisotopic (exact) mass is 273 g/mol. The molecule has 2 N–H and O–H groups in total. The maximum atomic E-state index is 12.1. The highest BCUT2D eigenvalue weighted by atomic mass is 19.3. The minimum absolute atomic E-state index is 0.0538. The molecule has 106 valence electrons. The molecule has 0 aliphatic heterocycles. The number of halogens is 2. The summed E-state index contributed by atoms with van der Waals surface area (Å²) in [4.78, 5) is 11.9. The van der Waals surface area contributed by atoms with Gasteiger partial charge in [-0.2, -0.15) is 8.78 Å². The standard InChI is InChI=1S/C13H17F2NO3/c1-13(2,6-7-17)16-11(18)9-4-3-5-10(8-9)19-12(14)15/h3-5,8,12,17H,6-7H2,1-2H3,(H,16,18). The van der Waals surface area contributed by atoms with Gasteiger partial charge >= 0.3 is 6.61 Å². The van der Waals surface area contributed by atoms with Crippen molar-refractivity contribution in [2.45, 2.75) is 32.4 Å². The number of carbonyl (C=O) groups excluding carboxylic acids is 1. The molecule has 0 aliphatic carbocycles. The number of benzene rings is 1.